The van der Waals surface area contributed by atoms with Gasteiger partial charge in [0.15, 0.2) is 0 Å². The average Bonchev–Trinajstić information content (AvgIpc) is 2.38. The van der Waals surface area contributed by atoms with Crippen LogP contribution in [0.15, 0.2) is 30.3 Å². The van der Waals surface area contributed by atoms with Crippen LogP contribution in [-0.2, 0) is 0 Å². The van der Waals surface area contributed by atoms with Gasteiger partial charge in [-0.05, 0) is 42.8 Å². The number of nitrogens with one attached hydrogen (secondary N) is 1. The van der Waals surface area contributed by atoms with Crippen molar-refractivity contribution >= 4 is 17.1 Å². The maximum atomic E-state index is 13.3. The zero-order valence-electron chi connectivity index (χ0n) is 10.2. The van der Waals surface area contributed by atoms with Crippen molar-refractivity contribution in [3.63, 3.8) is 0 Å². The first-order chi connectivity index (χ1) is 9.01. The van der Waals surface area contributed by atoms with Crippen LogP contribution in [0.25, 0.3) is 0 Å². The molecule has 0 saturated carbocycles. The van der Waals surface area contributed by atoms with Crippen LogP contribution in [0.3, 0.4) is 0 Å². The third kappa shape index (κ3) is 2.63. The van der Waals surface area contributed by atoms with Gasteiger partial charge in [0.1, 0.15) is 17.7 Å². The van der Waals surface area contributed by atoms with Crippen molar-refractivity contribution in [2.75, 3.05) is 11.1 Å². The molecule has 0 aromatic heterocycles. The molecule has 0 unspecified atom stereocenters. The number of nitriles is 1. The van der Waals surface area contributed by atoms with E-state index in [9.17, 15) is 8.78 Å². The fourth-order valence-corrected chi connectivity index (χ4v) is 1.65. The van der Waals surface area contributed by atoms with Gasteiger partial charge in [0.25, 0.3) is 0 Å². The molecule has 0 aliphatic carbocycles. The Balaban J connectivity index is 2.37. The number of hydrogen-bond donors (Lipinski definition) is 2. The molecule has 2 aromatic carbocycles. The minimum absolute atomic E-state index is 0.0672. The largest absolute Gasteiger partial charge is 0.397 e. The van der Waals surface area contributed by atoms with E-state index in [1.807, 2.05) is 0 Å². The predicted octanol–water partition coefficient (Wildman–Crippen LogP) is 3.47. The minimum Gasteiger partial charge on any atom is -0.397 e. The summed E-state index contributed by atoms with van der Waals surface area (Å²) in [4.78, 5) is 0. The lowest BCUT2D eigenvalue weighted by Crippen LogP contribution is -1.99. The Morgan fingerprint density at radius 2 is 1.89 bits per heavy atom. The fourth-order valence-electron chi connectivity index (χ4n) is 1.65. The summed E-state index contributed by atoms with van der Waals surface area (Å²) < 4.78 is 26.5. The second-order valence-electron chi connectivity index (χ2n) is 4.12. The molecule has 0 spiro atoms. The summed E-state index contributed by atoms with van der Waals surface area (Å²) in [6.07, 6.45) is 0. The van der Waals surface area contributed by atoms with E-state index in [1.165, 1.54) is 24.3 Å². The summed E-state index contributed by atoms with van der Waals surface area (Å²) in [7, 11) is 0. The van der Waals surface area contributed by atoms with Gasteiger partial charge >= 0.3 is 0 Å². The van der Waals surface area contributed by atoms with Gasteiger partial charge in [-0.1, -0.05) is 0 Å². The number of aryl methyl sites for hydroxylation is 1. The summed E-state index contributed by atoms with van der Waals surface area (Å²) in [5.41, 5.74) is 7.33. The van der Waals surface area contributed by atoms with Gasteiger partial charge in [-0.15, -0.1) is 0 Å². The highest BCUT2D eigenvalue weighted by molar-refractivity contribution is 5.73. The van der Waals surface area contributed by atoms with Gasteiger partial charge in [-0.25, -0.2) is 8.78 Å². The maximum absolute atomic E-state index is 13.3. The zero-order chi connectivity index (χ0) is 14.0. The molecular formula is C14H11F2N3. The lowest BCUT2D eigenvalue weighted by molar-refractivity contribution is 0.619. The Morgan fingerprint density at radius 1 is 1.16 bits per heavy atom. The van der Waals surface area contributed by atoms with Crippen molar-refractivity contribution in [1.29, 1.82) is 5.26 Å². The molecule has 2 rings (SSSR count). The standard InChI is InChI=1S/C14H11F2N3/c1-8-4-14(13(18)6-12(8)16)19-10-2-3-11(15)9(5-10)7-17/h2-6,19H,18H2,1H3. The first-order valence-corrected chi connectivity index (χ1v) is 5.53. The average molecular weight is 259 g/mol. The maximum Gasteiger partial charge on any atom is 0.141 e. The normalized spacial score (nSPS) is 10.0. The molecule has 96 valence electrons. The monoisotopic (exact) mass is 259 g/mol. The summed E-state index contributed by atoms with van der Waals surface area (Å²) >= 11 is 0. The van der Waals surface area contributed by atoms with Crippen LogP contribution in [0.5, 0.6) is 0 Å². The number of anilines is 3. The molecule has 0 atom stereocenters. The topological polar surface area (TPSA) is 61.8 Å². The van der Waals surface area contributed by atoms with Crippen molar-refractivity contribution < 1.29 is 8.78 Å². The first-order valence-electron chi connectivity index (χ1n) is 5.53. The quantitative estimate of drug-likeness (QED) is 0.812. The van der Waals surface area contributed by atoms with Crippen molar-refractivity contribution in [1.82, 2.24) is 0 Å². The van der Waals surface area contributed by atoms with Crippen LogP contribution in [0.1, 0.15) is 11.1 Å². The Bertz CT molecular complexity index is 675. The highest BCUT2D eigenvalue weighted by Gasteiger charge is 2.07. The van der Waals surface area contributed by atoms with E-state index < -0.39 is 5.82 Å². The zero-order valence-corrected chi connectivity index (χ0v) is 10.2. The van der Waals surface area contributed by atoms with E-state index in [0.29, 0.717) is 16.9 Å². The van der Waals surface area contributed by atoms with Gasteiger partial charge in [0.05, 0.1) is 16.9 Å². The summed E-state index contributed by atoms with van der Waals surface area (Å²) in [6, 6.07) is 8.56. The molecule has 0 bridgehead atoms. The highest BCUT2D eigenvalue weighted by Crippen LogP contribution is 2.26. The minimum atomic E-state index is -0.587. The molecule has 0 saturated heterocycles. The van der Waals surface area contributed by atoms with Crippen LogP contribution in [0, 0.1) is 29.9 Å². The molecule has 19 heavy (non-hydrogen) atoms. The number of benzene rings is 2. The molecular weight excluding hydrogens is 248 g/mol. The highest BCUT2D eigenvalue weighted by atomic mass is 19.1. The van der Waals surface area contributed by atoms with Crippen LogP contribution in [0.2, 0.25) is 0 Å². The summed E-state index contributed by atoms with van der Waals surface area (Å²) in [5, 5.41) is 11.7. The van der Waals surface area contributed by atoms with Gasteiger partial charge < -0.3 is 11.1 Å². The number of nitrogens with two attached hydrogens (primary N) is 1. The number of nitrogen functional groups attached to an aromatic ring is 1. The molecule has 3 N–H and O–H groups in total. The van der Waals surface area contributed by atoms with E-state index in [1.54, 1.807) is 19.1 Å². The second kappa shape index (κ2) is 4.94. The molecule has 0 amide bonds. The number of rotatable bonds is 2. The third-order valence-electron chi connectivity index (χ3n) is 2.70. The van der Waals surface area contributed by atoms with Crippen LogP contribution in [0.4, 0.5) is 25.8 Å². The molecule has 0 heterocycles. The summed E-state index contributed by atoms with van der Waals surface area (Å²) in [5.74, 6) is -0.976. The van der Waals surface area contributed by atoms with Gasteiger partial charge in [-0.3, -0.25) is 0 Å². The van der Waals surface area contributed by atoms with E-state index in [-0.39, 0.29) is 17.1 Å². The van der Waals surface area contributed by atoms with Gasteiger partial charge in [-0.2, -0.15) is 5.26 Å². The Hall–Kier alpha value is -2.61. The molecule has 5 heteroatoms. The molecule has 0 aliphatic heterocycles. The van der Waals surface area contributed by atoms with E-state index >= 15 is 0 Å². The third-order valence-corrected chi connectivity index (χ3v) is 2.70. The van der Waals surface area contributed by atoms with Crippen molar-refractivity contribution in [2.45, 2.75) is 6.92 Å². The van der Waals surface area contributed by atoms with E-state index in [4.69, 9.17) is 11.0 Å². The molecule has 0 radical (unpaired) electrons. The Kier molecular flexibility index (Phi) is 3.34. The van der Waals surface area contributed by atoms with E-state index in [0.717, 1.165) is 0 Å². The lowest BCUT2D eigenvalue weighted by Gasteiger charge is -2.11. The number of hydrogen-bond acceptors (Lipinski definition) is 3. The fraction of sp³-hybridized carbons (Fsp3) is 0.0714. The second-order valence-corrected chi connectivity index (χ2v) is 4.12. The molecule has 0 aliphatic rings. The number of halogens is 2. The van der Waals surface area contributed by atoms with Crippen molar-refractivity contribution in [3.8, 4) is 6.07 Å². The Labute approximate surface area is 109 Å². The van der Waals surface area contributed by atoms with Crippen molar-refractivity contribution in [3.05, 3.63) is 53.1 Å². The summed E-state index contributed by atoms with van der Waals surface area (Å²) in [6.45, 7) is 1.62. The van der Waals surface area contributed by atoms with Gasteiger partial charge in [0.2, 0.25) is 0 Å². The van der Waals surface area contributed by atoms with Crippen LogP contribution < -0.4 is 11.1 Å². The predicted molar refractivity (Wildman–Crippen MR) is 69.9 cm³/mol. The molecule has 3 nitrogen and oxygen atoms in total. The smallest absolute Gasteiger partial charge is 0.141 e. The molecule has 0 fully saturated rings. The van der Waals surface area contributed by atoms with Crippen LogP contribution >= 0.6 is 0 Å². The Morgan fingerprint density at radius 3 is 2.58 bits per heavy atom. The SMILES string of the molecule is Cc1cc(Nc2ccc(F)c(C#N)c2)c(N)cc1F. The lowest BCUT2D eigenvalue weighted by atomic mass is 10.1. The van der Waals surface area contributed by atoms with Crippen molar-refractivity contribution in [2.24, 2.45) is 0 Å². The number of nitrogens with zero attached hydrogens (tertiary/aromatic N) is 1. The van der Waals surface area contributed by atoms with Crippen LogP contribution in [-0.4, -0.2) is 0 Å². The molecule has 2 aromatic rings. The van der Waals surface area contributed by atoms with Gasteiger partial charge in [0, 0.05) is 5.69 Å². The van der Waals surface area contributed by atoms with E-state index in [2.05, 4.69) is 5.32 Å². The first kappa shape index (κ1) is 12.8.